The lowest BCUT2D eigenvalue weighted by atomic mass is 9.96. The molecule has 2 atom stereocenters. The molecule has 0 amide bonds. The van der Waals surface area contributed by atoms with Gasteiger partial charge in [-0.3, -0.25) is 10.1 Å². The van der Waals surface area contributed by atoms with Crippen LogP contribution in [0.2, 0.25) is 0 Å². The summed E-state index contributed by atoms with van der Waals surface area (Å²) in [5.74, 6) is -0.156. The molecule has 0 aromatic carbocycles. The smallest absolute Gasteiger partial charge is 0.326 e. The van der Waals surface area contributed by atoms with Crippen LogP contribution in [0.15, 0.2) is 0 Å². The van der Waals surface area contributed by atoms with Crippen LogP contribution in [0.1, 0.15) is 40.5 Å². The van der Waals surface area contributed by atoms with Crippen molar-refractivity contribution in [3.05, 3.63) is 0 Å². The summed E-state index contributed by atoms with van der Waals surface area (Å²) in [5.41, 5.74) is -0.616. The van der Waals surface area contributed by atoms with Gasteiger partial charge in [-0.25, -0.2) is 0 Å². The second kappa shape index (κ2) is 7.96. The third-order valence-corrected chi connectivity index (χ3v) is 3.82. The number of likely N-dealkylation sites (tertiary alicyclic amines) is 1. The summed E-state index contributed by atoms with van der Waals surface area (Å²) >= 11 is 0. The Morgan fingerprint density at radius 2 is 2.20 bits per heavy atom. The van der Waals surface area contributed by atoms with Gasteiger partial charge in [0.25, 0.3) is 0 Å². The molecule has 0 aromatic rings. The maximum absolute atomic E-state index is 12.2. The molecule has 20 heavy (non-hydrogen) atoms. The number of carbonyl (C=O) groups excluding carboxylic acids is 1. The number of carbonyl (C=O) groups is 1. The molecule has 0 spiro atoms. The lowest BCUT2D eigenvalue weighted by molar-refractivity contribution is -0.151. The fraction of sp³-hybridized carbons (Fsp3) is 0.933. The molecule has 5 nitrogen and oxygen atoms in total. The maximum atomic E-state index is 12.2. The molecule has 2 unspecified atom stereocenters. The van der Waals surface area contributed by atoms with Crippen LogP contribution < -0.4 is 5.32 Å². The SMILES string of the molecule is CCOC(=O)C(C)(CCN1CCC(OC)C1)NC(C)C. The van der Waals surface area contributed by atoms with Crippen LogP contribution in [0.25, 0.3) is 0 Å². The van der Waals surface area contributed by atoms with E-state index in [1.165, 1.54) is 0 Å². The van der Waals surface area contributed by atoms with E-state index in [4.69, 9.17) is 9.47 Å². The molecule has 1 N–H and O–H groups in total. The van der Waals surface area contributed by atoms with E-state index in [0.717, 1.165) is 32.5 Å². The fourth-order valence-corrected chi connectivity index (χ4v) is 2.73. The van der Waals surface area contributed by atoms with E-state index in [1.807, 2.05) is 27.7 Å². The van der Waals surface area contributed by atoms with Crippen LogP contribution in [0, 0.1) is 0 Å². The number of nitrogens with one attached hydrogen (secondary N) is 1. The predicted octanol–water partition coefficient (Wildman–Crippen LogP) is 1.42. The Morgan fingerprint density at radius 3 is 2.70 bits per heavy atom. The van der Waals surface area contributed by atoms with Crippen LogP contribution >= 0.6 is 0 Å². The highest BCUT2D eigenvalue weighted by molar-refractivity contribution is 5.80. The van der Waals surface area contributed by atoms with E-state index in [2.05, 4.69) is 10.2 Å². The molecule has 0 aromatic heterocycles. The molecule has 1 saturated heterocycles. The highest BCUT2D eigenvalue weighted by Crippen LogP contribution is 2.18. The molecule has 0 radical (unpaired) electrons. The van der Waals surface area contributed by atoms with Gasteiger partial charge in [0.2, 0.25) is 0 Å². The second-order valence-electron chi connectivity index (χ2n) is 6.05. The molecule has 118 valence electrons. The van der Waals surface area contributed by atoms with Crippen molar-refractivity contribution in [2.75, 3.05) is 33.4 Å². The zero-order valence-corrected chi connectivity index (χ0v) is 13.6. The molecule has 1 aliphatic rings. The number of hydrogen-bond donors (Lipinski definition) is 1. The summed E-state index contributed by atoms with van der Waals surface area (Å²) < 4.78 is 10.6. The molecular weight excluding hydrogens is 256 g/mol. The third-order valence-electron chi connectivity index (χ3n) is 3.82. The van der Waals surface area contributed by atoms with Gasteiger partial charge in [0, 0.05) is 32.8 Å². The zero-order valence-electron chi connectivity index (χ0n) is 13.6. The minimum Gasteiger partial charge on any atom is -0.465 e. The van der Waals surface area contributed by atoms with E-state index in [1.54, 1.807) is 7.11 Å². The number of rotatable bonds is 8. The summed E-state index contributed by atoms with van der Waals surface area (Å²) in [4.78, 5) is 14.6. The van der Waals surface area contributed by atoms with Gasteiger partial charge in [-0.05, 0) is 40.5 Å². The number of hydrogen-bond acceptors (Lipinski definition) is 5. The van der Waals surface area contributed by atoms with Crippen molar-refractivity contribution in [3.63, 3.8) is 0 Å². The number of nitrogens with zero attached hydrogens (tertiary/aromatic N) is 1. The second-order valence-corrected chi connectivity index (χ2v) is 6.05. The Bertz CT molecular complexity index is 309. The van der Waals surface area contributed by atoms with Gasteiger partial charge in [0.1, 0.15) is 5.54 Å². The van der Waals surface area contributed by atoms with Crippen LogP contribution in [0.4, 0.5) is 0 Å². The summed E-state index contributed by atoms with van der Waals surface area (Å²) in [5, 5.41) is 3.36. The summed E-state index contributed by atoms with van der Waals surface area (Å²) in [6.45, 7) is 11.2. The van der Waals surface area contributed by atoms with Gasteiger partial charge in [-0.2, -0.15) is 0 Å². The fourth-order valence-electron chi connectivity index (χ4n) is 2.73. The quantitative estimate of drug-likeness (QED) is 0.684. The molecule has 0 aliphatic carbocycles. The van der Waals surface area contributed by atoms with Gasteiger partial charge in [-0.15, -0.1) is 0 Å². The molecular formula is C15H30N2O3. The first-order valence-corrected chi connectivity index (χ1v) is 7.61. The number of esters is 1. The van der Waals surface area contributed by atoms with Crippen molar-refractivity contribution in [1.29, 1.82) is 0 Å². The summed E-state index contributed by atoms with van der Waals surface area (Å²) in [7, 11) is 1.76. The van der Waals surface area contributed by atoms with Crippen LogP contribution in [-0.2, 0) is 14.3 Å². The van der Waals surface area contributed by atoms with Crippen molar-refractivity contribution in [1.82, 2.24) is 10.2 Å². The number of methoxy groups -OCH3 is 1. The average molecular weight is 286 g/mol. The minimum atomic E-state index is -0.616. The number of ether oxygens (including phenoxy) is 2. The Hall–Kier alpha value is -0.650. The van der Waals surface area contributed by atoms with Gasteiger partial charge >= 0.3 is 5.97 Å². The van der Waals surface area contributed by atoms with Crippen molar-refractivity contribution in [3.8, 4) is 0 Å². The monoisotopic (exact) mass is 286 g/mol. The largest absolute Gasteiger partial charge is 0.465 e. The molecule has 1 aliphatic heterocycles. The summed E-state index contributed by atoms with van der Waals surface area (Å²) in [6, 6.07) is 0.245. The zero-order chi connectivity index (χ0) is 15.2. The lowest BCUT2D eigenvalue weighted by Gasteiger charge is -2.32. The normalized spacial score (nSPS) is 23.0. The summed E-state index contributed by atoms with van der Waals surface area (Å²) in [6.07, 6.45) is 2.16. The highest BCUT2D eigenvalue weighted by Gasteiger charge is 2.36. The Kier molecular flexibility index (Phi) is 6.92. The van der Waals surface area contributed by atoms with E-state index >= 15 is 0 Å². The van der Waals surface area contributed by atoms with E-state index in [0.29, 0.717) is 12.7 Å². The molecule has 5 heteroatoms. The van der Waals surface area contributed by atoms with Gasteiger partial charge in [-0.1, -0.05) is 0 Å². The van der Waals surface area contributed by atoms with Gasteiger partial charge in [0.05, 0.1) is 12.7 Å². The van der Waals surface area contributed by atoms with Crippen LogP contribution in [0.3, 0.4) is 0 Å². The van der Waals surface area contributed by atoms with E-state index in [-0.39, 0.29) is 12.0 Å². The van der Waals surface area contributed by atoms with Crippen molar-refractivity contribution in [2.45, 2.75) is 58.2 Å². The van der Waals surface area contributed by atoms with Crippen molar-refractivity contribution >= 4 is 5.97 Å². The third kappa shape index (κ3) is 5.04. The van der Waals surface area contributed by atoms with Crippen molar-refractivity contribution < 1.29 is 14.3 Å². The molecule has 0 bridgehead atoms. The highest BCUT2D eigenvalue weighted by atomic mass is 16.5. The van der Waals surface area contributed by atoms with Crippen molar-refractivity contribution in [2.24, 2.45) is 0 Å². The van der Waals surface area contributed by atoms with Crippen LogP contribution in [0.5, 0.6) is 0 Å². The molecule has 1 fully saturated rings. The topological polar surface area (TPSA) is 50.8 Å². The van der Waals surface area contributed by atoms with E-state index in [9.17, 15) is 4.79 Å². The van der Waals surface area contributed by atoms with Gasteiger partial charge in [0.15, 0.2) is 0 Å². The Labute approximate surface area is 123 Å². The average Bonchev–Trinajstić information content (AvgIpc) is 2.84. The predicted molar refractivity (Wildman–Crippen MR) is 79.8 cm³/mol. The molecule has 1 rings (SSSR count). The molecule has 0 saturated carbocycles. The standard InChI is InChI=1S/C15H30N2O3/c1-6-20-14(18)15(4,16-12(2)3)8-10-17-9-7-13(11-17)19-5/h12-13,16H,6-11H2,1-5H3. The lowest BCUT2D eigenvalue weighted by Crippen LogP contribution is -2.54. The van der Waals surface area contributed by atoms with E-state index < -0.39 is 5.54 Å². The maximum Gasteiger partial charge on any atom is 0.326 e. The first kappa shape index (κ1) is 17.4. The first-order valence-electron chi connectivity index (χ1n) is 7.61. The minimum absolute atomic E-state index is 0.156. The first-order chi connectivity index (χ1) is 9.41. The van der Waals surface area contributed by atoms with Gasteiger partial charge < -0.3 is 14.4 Å². The van der Waals surface area contributed by atoms with Crippen LogP contribution in [-0.4, -0.2) is 61.9 Å². The molecule has 1 heterocycles. The Balaban J connectivity index is 2.54. The Morgan fingerprint density at radius 1 is 1.50 bits per heavy atom.